The van der Waals surface area contributed by atoms with E-state index in [1.807, 2.05) is 48.2 Å². The molecule has 0 aliphatic heterocycles. The molecule has 2 rings (SSSR count). The van der Waals surface area contributed by atoms with Crippen LogP contribution >= 0.6 is 0 Å². The topological polar surface area (TPSA) is 32.3 Å². The molecule has 0 radical (unpaired) electrons. The third-order valence-corrected chi connectivity index (χ3v) is 3.66. The van der Waals surface area contributed by atoms with Crippen molar-refractivity contribution in [2.24, 2.45) is 0 Å². The standard InChI is InChI=1S/C19H24N2O/c1-2-21(16-18-11-7-4-8-12-18)19(22)15-20-14-13-17-9-5-3-6-10-17/h3-12,20H,2,13-16H2,1H3. The van der Waals surface area contributed by atoms with Gasteiger partial charge in [0.05, 0.1) is 6.54 Å². The van der Waals surface area contributed by atoms with Crippen molar-refractivity contribution in [1.82, 2.24) is 10.2 Å². The number of rotatable bonds is 8. The summed E-state index contributed by atoms with van der Waals surface area (Å²) in [6, 6.07) is 20.4. The Hall–Kier alpha value is -2.13. The first-order valence-electron chi connectivity index (χ1n) is 7.86. The van der Waals surface area contributed by atoms with Crippen LogP contribution in [0.4, 0.5) is 0 Å². The molecule has 1 amide bonds. The van der Waals surface area contributed by atoms with Crippen LogP contribution in [0.5, 0.6) is 0 Å². The van der Waals surface area contributed by atoms with Gasteiger partial charge in [-0.3, -0.25) is 4.79 Å². The Bertz CT molecular complexity index is 554. The molecule has 3 heteroatoms. The first-order valence-corrected chi connectivity index (χ1v) is 7.86. The molecule has 0 aliphatic carbocycles. The molecule has 0 atom stereocenters. The van der Waals surface area contributed by atoms with E-state index >= 15 is 0 Å². The summed E-state index contributed by atoms with van der Waals surface area (Å²) in [5, 5.41) is 3.24. The number of nitrogens with one attached hydrogen (secondary N) is 1. The summed E-state index contributed by atoms with van der Waals surface area (Å²) >= 11 is 0. The summed E-state index contributed by atoms with van der Waals surface area (Å²) < 4.78 is 0. The van der Waals surface area contributed by atoms with Crippen molar-refractivity contribution in [3.63, 3.8) is 0 Å². The van der Waals surface area contributed by atoms with Gasteiger partial charge in [-0.2, -0.15) is 0 Å². The van der Waals surface area contributed by atoms with Gasteiger partial charge in [-0.25, -0.2) is 0 Å². The lowest BCUT2D eigenvalue weighted by Gasteiger charge is -2.21. The Morgan fingerprint density at radius 1 is 0.955 bits per heavy atom. The van der Waals surface area contributed by atoms with E-state index in [9.17, 15) is 4.79 Å². The number of hydrogen-bond acceptors (Lipinski definition) is 2. The van der Waals surface area contributed by atoms with Crippen molar-refractivity contribution < 1.29 is 4.79 Å². The van der Waals surface area contributed by atoms with E-state index in [1.165, 1.54) is 11.1 Å². The van der Waals surface area contributed by atoms with Gasteiger partial charge in [0, 0.05) is 13.1 Å². The highest BCUT2D eigenvalue weighted by Crippen LogP contribution is 2.04. The van der Waals surface area contributed by atoms with Crippen molar-refractivity contribution in [3.8, 4) is 0 Å². The van der Waals surface area contributed by atoms with Gasteiger partial charge in [0.25, 0.3) is 0 Å². The summed E-state index contributed by atoms with van der Waals surface area (Å²) in [6.07, 6.45) is 0.943. The molecule has 0 bridgehead atoms. The molecule has 0 spiro atoms. The Kier molecular flexibility index (Phi) is 6.65. The second kappa shape index (κ2) is 9.00. The summed E-state index contributed by atoms with van der Waals surface area (Å²) in [6.45, 7) is 4.64. The maximum atomic E-state index is 12.3. The normalized spacial score (nSPS) is 10.4. The third kappa shape index (κ3) is 5.34. The highest BCUT2D eigenvalue weighted by Gasteiger charge is 2.11. The molecule has 2 aromatic carbocycles. The molecule has 1 N–H and O–H groups in total. The van der Waals surface area contributed by atoms with Crippen LogP contribution in [0, 0.1) is 0 Å². The average molecular weight is 296 g/mol. The first kappa shape index (κ1) is 16.2. The van der Waals surface area contributed by atoms with Gasteiger partial charge in [-0.1, -0.05) is 60.7 Å². The minimum atomic E-state index is 0.152. The zero-order chi connectivity index (χ0) is 15.6. The van der Waals surface area contributed by atoms with Crippen molar-refractivity contribution in [3.05, 3.63) is 71.8 Å². The van der Waals surface area contributed by atoms with Crippen molar-refractivity contribution in [1.29, 1.82) is 0 Å². The maximum Gasteiger partial charge on any atom is 0.236 e. The fourth-order valence-corrected chi connectivity index (χ4v) is 2.36. The average Bonchev–Trinajstić information content (AvgIpc) is 2.58. The van der Waals surface area contributed by atoms with Crippen LogP contribution in [-0.2, 0) is 17.8 Å². The van der Waals surface area contributed by atoms with Crippen LogP contribution in [0.2, 0.25) is 0 Å². The zero-order valence-electron chi connectivity index (χ0n) is 13.2. The summed E-state index contributed by atoms with van der Waals surface area (Å²) in [5.74, 6) is 0.152. The monoisotopic (exact) mass is 296 g/mol. The highest BCUT2D eigenvalue weighted by molar-refractivity contribution is 5.78. The summed E-state index contributed by atoms with van der Waals surface area (Å²) in [4.78, 5) is 14.1. The summed E-state index contributed by atoms with van der Waals surface area (Å²) in [5.41, 5.74) is 2.46. The van der Waals surface area contributed by atoms with Crippen LogP contribution in [0.25, 0.3) is 0 Å². The predicted molar refractivity (Wildman–Crippen MR) is 90.5 cm³/mol. The number of carbonyl (C=O) groups is 1. The van der Waals surface area contributed by atoms with Gasteiger partial charge >= 0.3 is 0 Å². The van der Waals surface area contributed by atoms with Crippen LogP contribution in [0.15, 0.2) is 60.7 Å². The number of likely N-dealkylation sites (N-methyl/N-ethyl adjacent to an activating group) is 1. The molecular weight excluding hydrogens is 272 g/mol. The van der Waals surface area contributed by atoms with E-state index in [1.54, 1.807) is 0 Å². The molecule has 0 unspecified atom stereocenters. The Morgan fingerprint density at radius 2 is 1.55 bits per heavy atom. The smallest absolute Gasteiger partial charge is 0.236 e. The Morgan fingerprint density at radius 3 is 2.14 bits per heavy atom. The van der Waals surface area contributed by atoms with Crippen molar-refractivity contribution >= 4 is 5.91 Å². The molecule has 22 heavy (non-hydrogen) atoms. The van der Waals surface area contributed by atoms with Crippen LogP contribution in [0.3, 0.4) is 0 Å². The van der Waals surface area contributed by atoms with E-state index in [2.05, 4.69) is 29.6 Å². The van der Waals surface area contributed by atoms with Crippen molar-refractivity contribution in [2.75, 3.05) is 19.6 Å². The molecule has 2 aromatic rings. The third-order valence-electron chi connectivity index (χ3n) is 3.66. The molecular formula is C19H24N2O. The molecule has 0 fully saturated rings. The largest absolute Gasteiger partial charge is 0.338 e. The lowest BCUT2D eigenvalue weighted by molar-refractivity contribution is -0.130. The Labute approximate surface area is 133 Å². The van der Waals surface area contributed by atoms with Crippen LogP contribution in [-0.4, -0.2) is 30.4 Å². The van der Waals surface area contributed by atoms with Gasteiger partial charge in [0.1, 0.15) is 0 Å². The minimum Gasteiger partial charge on any atom is -0.338 e. The number of nitrogens with zero attached hydrogens (tertiary/aromatic N) is 1. The van der Waals surface area contributed by atoms with E-state index in [0.717, 1.165) is 19.5 Å². The fourth-order valence-electron chi connectivity index (χ4n) is 2.36. The Balaban J connectivity index is 1.73. The second-order valence-corrected chi connectivity index (χ2v) is 5.31. The minimum absolute atomic E-state index is 0.152. The molecule has 0 saturated heterocycles. The van der Waals surface area contributed by atoms with Crippen LogP contribution in [0.1, 0.15) is 18.1 Å². The molecule has 0 heterocycles. The van der Waals surface area contributed by atoms with E-state index in [-0.39, 0.29) is 5.91 Å². The maximum absolute atomic E-state index is 12.3. The lowest BCUT2D eigenvalue weighted by atomic mass is 10.1. The molecule has 0 aromatic heterocycles. The van der Waals surface area contributed by atoms with Gasteiger partial charge < -0.3 is 10.2 Å². The van der Waals surface area contributed by atoms with Gasteiger partial charge in [0.2, 0.25) is 5.91 Å². The van der Waals surface area contributed by atoms with Crippen LogP contribution < -0.4 is 5.32 Å². The molecule has 0 aliphatic rings. The predicted octanol–water partition coefficient (Wildman–Crippen LogP) is 2.87. The van der Waals surface area contributed by atoms with Gasteiger partial charge in [-0.15, -0.1) is 0 Å². The zero-order valence-corrected chi connectivity index (χ0v) is 13.2. The van der Waals surface area contributed by atoms with Crippen molar-refractivity contribution in [2.45, 2.75) is 19.9 Å². The van der Waals surface area contributed by atoms with E-state index in [4.69, 9.17) is 0 Å². The van der Waals surface area contributed by atoms with E-state index in [0.29, 0.717) is 13.1 Å². The second-order valence-electron chi connectivity index (χ2n) is 5.31. The number of hydrogen-bond donors (Lipinski definition) is 1. The summed E-state index contributed by atoms with van der Waals surface area (Å²) in [7, 11) is 0. The van der Waals surface area contributed by atoms with E-state index < -0.39 is 0 Å². The SMILES string of the molecule is CCN(Cc1ccccc1)C(=O)CNCCc1ccccc1. The highest BCUT2D eigenvalue weighted by atomic mass is 16.2. The number of benzene rings is 2. The molecule has 116 valence electrons. The van der Waals surface area contributed by atoms with Gasteiger partial charge in [-0.05, 0) is 31.0 Å². The molecule has 3 nitrogen and oxygen atoms in total. The molecule has 0 saturated carbocycles. The number of amides is 1. The quantitative estimate of drug-likeness (QED) is 0.760. The van der Waals surface area contributed by atoms with Gasteiger partial charge in [0.15, 0.2) is 0 Å². The first-order chi connectivity index (χ1) is 10.8. The lowest BCUT2D eigenvalue weighted by Crippen LogP contribution is -2.38. The fraction of sp³-hybridized carbons (Fsp3) is 0.316. The number of carbonyl (C=O) groups excluding carboxylic acids is 1.